The molecule has 0 fully saturated rings. The minimum Gasteiger partial charge on any atom is -0.506 e. The van der Waals surface area contributed by atoms with Crippen LogP contribution in [0.15, 0.2) is 30.5 Å². The molecule has 0 aliphatic rings. The molecule has 0 radical (unpaired) electrons. The molecule has 1 heterocycles. The Morgan fingerprint density at radius 3 is 2.57 bits per heavy atom. The number of fused-ring (bicyclic) bond motifs is 1. The molecule has 0 aliphatic heterocycles. The van der Waals surface area contributed by atoms with Gasteiger partial charge >= 0.3 is 5.97 Å². The van der Waals surface area contributed by atoms with E-state index in [0.29, 0.717) is 6.42 Å². The van der Waals surface area contributed by atoms with Crippen molar-refractivity contribution >= 4 is 44.4 Å². The van der Waals surface area contributed by atoms with Crippen molar-refractivity contribution in [1.82, 2.24) is 4.57 Å². The zero-order chi connectivity index (χ0) is 20.5. The van der Waals surface area contributed by atoms with E-state index in [0.717, 1.165) is 23.7 Å². The van der Waals surface area contributed by atoms with Crippen LogP contribution in [0.1, 0.15) is 70.8 Å². The van der Waals surface area contributed by atoms with Crippen LogP contribution < -0.4 is 0 Å². The van der Waals surface area contributed by atoms with Crippen molar-refractivity contribution in [2.24, 2.45) is 0 Å². The SMILES string of the molecule is CCCCCCCCC(Cl)C(Br)CC(CC(=O)O)n1cc(O)c2ccccc21. The maximum Gasteiger partial charge on any atom is 0.305 e. The van der Waals surface area contributed by atoms with Gasteiger partial charge in [0, 0.05) is 27.8 Å². The average molecular weight is 473 g/mol. The van der Waals surface area contributed by atoms with Gasteiger partial charge in [-0.2, -0.15) is 0 Å². The van der Waals surface area contributed by atoms with Crippen LogP contribution in [0.4, 0.5) is 0 Å². The first kappa shape index (κ1) is 23.1. The summed E-state index contributed by atoms with van der Waals surface area (Å²) in [6, 6.07) is 7.22. The second-order valence-electron chi connectivity index (χ2n) is 7.51. The van der Waals surface area contributed by atoms with E-state index in [-0.39, 0.29) is 28.4 Å². The zero-order valence-electron chi connectivity index (χ0n) is 16.5. The lowest BCUT2D eigenvalue weighted by molar-refractivity contribution is -0.137. The van der Waals surface area contributed by atoms with Crippen LogP contribution in [0, 0.1) is 0 Å². The van der Waals surface area contributed by atoms with Gasteiger partial charge in [-0.1, -0.05) is 73.5 Å². The van der Waals surface area contributed by atoms with Crippen molar-refractivity contribution in [2.45, 2.75) is 81.0 Å². The minimum absolute atomic E-state index is 0.0115. The molecule has 2 aromatic rings. The summed E-state index contributed by atoms with van der Waals surface area (Å²) in [5.41, 5.74) is 0.841. The number of hydrogen-bond donors (Lipinski definition) is 2. The van der Waals surface area contributed by atoms with E-state index in [2.05, 4.69) is 22.9 Å². The Morgan fingerprint density at radius 1 is 1.18 bits per heavy atom. The van der Waals surface area contributed by atoms with E-state index in [9.17, 15) is 15.0 Å². The van der Waals surface area contributed by atoms with E-state index in [1.807, 2.05) is 28.8 Å². The molecule has 0 aliphatic carbocycles. The topological polar surface area (TPSA) is 62.5 Å². The quantitative estimate of drug-likeness (QED) is 0.247. The van der Waals surface area contributed by atoms with Crippen molar-refractivity contribution in [2.75, 3.05) is 0 Å². The van der Waals surface area contributed by atoms with Crippen LogP contribution >= 0.6 is 27.5 Å². The van der Waals surface area contributed by atoms with Crippen LogP contribution in [0.2, 0.25) is 0 Å². The molecule has 6 heteroatoms. The number of aromatic nitrogens is 1. The predicted octanol–water partition coefficient (Wildman–Crippen LogP) is 6.87. The number of carbonyl (C=O) groups is 1. The maximum atomic E-state index is 11.5. The summed E-state index contributed by atoms with van der Waals surface area (Å²) in [4.78, 5) is 11.5. The molecule has 1 aromatic carbocycles. The number of halogens is 2. The first-order valence-electron chi connectivity index (χ1n) is 10.2. The van der Waals surface area contributed by atoms with Gasteiger partial charge in [0.1, 0.15) is 5.75 Å². The Balaban J connectivity index is 2.00. The second kappa shape index (κ2) is 11.7. The fourth-order valence-electron chi connectivity index (χ4n) is 3.69. The third kappa shape index (κ3) is 6.70. The van der Waals surface area contributed by atoms with Crippen LogP contribution in [-0.4, -0.2) is 31.0 Å². The van der Waals surface area contributed by atoms with Crippen molar-refractivity contribution in [3.8, 4) is 5.75 Å². The molecule has 0 bridgehead atoms. The smallest absolute Gasteiger partial charge is 0.305 e. The van der Waals surface area contributed by atoms with E-state index in [4.69, 9.17) is 11.6 Å². The molecule has 4 nitrogen and oxygen atoms in total. The number of hydrogen-bond acceptors (Lipinski definition) is 2. The summed E-state index contributed by atoms with van der Waals surface area (Å²) in [5.74, 6) is -0.685. The number of carboxylic acids is 1. The maximum absolute atomic E-state index is 11.5. The van der Waals surface area contributed by atoms with Gasteiger partial charge in [-0.3, -0.25) is 4.79 Å². The molecule has 0 spiro atoms. The highest BCUT2D eigenvalue weighted by molar-refractivity contribution is 9.09. The summed E-state index contributed by atoms with van der Waals surface area (Å²) in [5, 5.41) is 20.3. The Hall–Kier alpha value is -1.20. The van der Waals surface area contributed by atoms with Gasteiger partial charge in [-0.25, -0.2) is 0 Å². The summed E-state index contributed by atoms with van der Waals surface area (Å²) in [6.07, 6.45) is 10.5. The van der Waals surface area contributed by atoms with Gasteiger partial charge in [0.25, 0.3) is 0 Å². The number of para-hydroxylation sites is 1. The van der Waals surface area contributed by atoms with Crippen molar-refractivity contribution in [1.29, 1.82) is 0 Å². The van der Waals surface area contributed by atoms with Crippen molar-refractivity contribution in [3.05, 3.63) is 30.5 Å². The lowest BCUT2D eigenvalue weighted by Crippen LogP contribution is -2.22. The molecule has 3 atom stereocenters. The molecule has 28 heavy (non-hydrogen) atoms. The van der Waals surface area contributed by atoms with E-state index in [1.54, 1.807) is 6.20 Å². The molecule has 2 rings (SSSR count). The molecule has 0 saturated carbocycles. The highest BCUT2D eigenvalue weighted by Crippen LogP contribution is 2.35. The summed E-state index contributed by atoms with van der Waals surface area (Å²) in [7, 11) is 0. The minimum atomic E-state index is -0.857. The molecule has 2 N–H and O–H groups in total. The lowest BCUT2D eigenvalue weighted by atomic mass is 10.0. The van der Waals surface area contributed by atoms with Gasteiger partial charge in [0.2, 0.25) is 0 Å². The molecule has 1 aromatic heterocycles. The number of rotatable bonds is 13. The van der Waals surface area contributed by atoms with Gasteiger partial charge in [0.15, 0.2) is 0 Å². The number of carboxylic acid groups (broad SMARTS) is 1. The number of nitrogens with zero attached hydrogens (tertiary/aromatic N) is 1. The van der Waals surface area contributed by atoms with Crippen LogP contribution in [-0.2, 0) is 4.79 Å². The normalized spacial score (nSPS) is 14.8. The van der Waals surface area contributed by atoms with Gasteiger partial charge < -0.3 is 14.8 Å². The lowest BCUT2D eigenvalue weighted by Gasteiger charge is -2.24. The number of aromatic hydroxyl groups is 1. The number of aliphatic carboxylic acids is 1. The third-order valence-electron chi connectivity index (χ3n) is 5.25. The molecule has 156 valence electrons. The third-order valence-corrected chi connectivity index (χ3v) is 7.09. The van der Waals surface area contributed by atoms with E-state index >= 15 is 0 Å². The monoisotopic (exact) mass is 471 g/mol. The van der Waals surface area contributed by atoms with Crippen LogP contribution in [0.25, 0.3) is 10.9 Å². The highest BCUT2D eigenvalue weighted by Gasteiger charge is 2.25. The zero-order valence-corrected chi connectivity index (χ0v) is 18.8. The average Bonchev–Trinajstić information content (AvgIpc) is 3.00. The number of unbranched alkanes of at least 4 members (excludes halogenated alkanes) is 5. The van der Waals surface area contributed by atoms with Gasteiger partial charge in [0.05, 0.1) is 11.9 Å². The standard InChI is InChI=1S/C22H31BrClNO3/c1-2-3-4-5-6-7-11-19(24)18(23)13-16(14-22(27)28)25-15-21(26)17-10-8-9-12-20(17)25/h8-10,12,15-16,18-19,26H,2-7,11,13-14H2,1H3,(H,27,28). The summed E-state index contributed by atoms with van der Waals surface area (Å²) >= 11 is 10.3. The summed E-state index contributed by atoms with van der Waals surface area (Å²) in [6.45, 7) is 2.21. The van der Waals surface area contributed by atoms with Crippen molar-refractivity contribution in [3.63, 3.8) is 0 Å². The Bertz CT molecular complexity index is 748. The highest BCUT2D eigenvalue weighted by atomic mass is 79.9. The molecule has 0 amide bonds. The second-order valence-corrected chi connectivity index (χ2v) is 9.25. The van der Waals surface area contributed by atoms with Crippen LogP contribution in [0.5, 0.6) is 5.75 Å². The fraction of sp³-hybridized carbons (Fsp3) is 0.591. The van der Waals surface area contributed by atoms with Crippen LogP contribution in [0.3, 0.4) is 0 Å². The Kier molecular flexibility index (Phi) is 9.66. The first-order chi connectivity index (χ1) is 13.4. The number of alkyl halides is 2. The first-order valence-corrected chi connectivity index (χ1v) is 11.6. The van der Waals surface area contributed by atoms with Gasteiger partial charge in [-0.05, 0) is 25.0 Å². The predicted molar refractivity (Wildman–Crippen MR) is 120 cm³/mol. The largest absolute Gasteiger partial charge is 0.506 e. The Labute approximate surface area is 181 Å². The fourth-order valence-corrected chi connectivity index (χ4v) is 4.65. The number of benzene rings is 1. The molecular formula is C22H31BrClNO3. The molecular weight excluding hydrogens is 442 g/mol. The van der Waals surface area contributed by atoms with Crippen molar-refractivity contribution < 1.29 is 15.0 Å². The van der Waals surface area contributed by atoms with Gasteiger partial charge in [-0.15, -0.1) is 11.6 Å². The Morgan fingerprint density at radius 2 is 1.86 bits per heavy atom. The van der Waals surface area contributed by atoms with E-state index < -0.39 is 5.97 Å². The molecule has 3 unspecified atom stereocenters. The summed E-state index contributed by atoms with van der Waals surface area (Å²) < 4.78 is 1.88. The molecule has 0 saturated heterocycles. The van der Waals surface area contributed by atoms with E-state index in [1.165, 1.54) is 32.1 Å².